The molecule has 2 rings (SSSR count). The number of carbonyl (C=O) groups is 2. The molecular formula is C17H16ClN3O4. The highest BCUT2D eigenvalue weighted by Gasteiger charge is 2.08. The SMILES string of the molecule is COc1ccc(O)c(C=NNC(=O)CNC(=O)c2cccc(Cl)c2)c1. The number of phenolic OH excluding ortho intramolecular Hbond substituents is 1. The number of hydrazone groups is 1. The van der Waals surface area contributed by atoms with Crippen molar-refractivity contribution in [3.05, 3.63) is 58.6 Å². The molecule has 130 valence electrons. The van der Waals surface area contributed by atoms with Crippen molar-refractivity contribution in [1.82, 2.24) is 10.7 Å². The first-order valence-electron chi connectivity index (χ1n) is 7.22. The number of hydrogen-bond donors (Lipinski definition) is 3. The molecule has 0 aromatic heterocycles. The molecule has 2 aromatic carbocycles. The van der Waals surface area contributed by atoms with Gasteiger partial charge in [-0.3, -0.25) is 9.59 Å². The Hall–Kier alpha value is -3.06. The Bertz CT molecular complexity index is 808. The lowest BCUT2D eigenvalue weighted by Crippen LogP contribution is -2.34. The molecule has 3 N–H and O–H groups in total. The van der Waals surface area contributed by atoms with Gasteiger partial charge in [-0.15, -0.1) is 0 Å². The molecule has 0 atom stereocenters. The van der Waals surface area contributed by atoms with E-state index in [2.05, 4.69) is 15.8 Å². The molecule has 0 aliphatic rings. The highest BCUT2D eigenvalue weighted by Crippen LogP contribution is 2.20. The summed E-state index contributed by atoms with van der Waals surface area (Å²) < 4.78 is 5.04. The summed E-state index contributed by atoms with van der Waals surface area (Å²) in [7, 11) is 1.50. The van der Waals surface area contributed by atoms with Crippen LogP contribution in [0.1, 0.15) is 15.9 Å². The summed E-state index contributed by atoms with van der Waals surface area (Å²) in [4.78, 5) is 23.6. The molecule has 2 aromatic rings. The molecule has 0 aliphatic heterocycles. The summed E-state index contributed by atoms with van der Waals surface area (Å²) in [6, 6.07) is 11.0. The van der Waals surface area contributed by atoms with E-state index in [0.29, 0.717) is 21.9 Å². The Balaban J connectivity index is 1.85. The predicted molar refractivity (Wildman–Crippen MR) is 94.2 cm³/mol. The molecule has 0 aliphatic carbocycles. The molecule has 0 saturated carbocycles. The van der Waals surface area contributed by atoms with Crippen LogP contribution in [0.25, 0.3) is 0 Å². The fraction of sp³-hybridized carbons (Fsp3) is 0.118. The number of nitrogens with one attached hydrogen (secondary N) is 2. The molecule has 0 unspecified atom stereocenters. The molecular weight excluding hydrogens is 346 g/mol. The average Bonchev–Trinajstić information content (AvgIpc) is 2.61. The monoisotopic (exact) mass is 361 g/mol. The number of halogens is 1. The smallest absolute Gasteiger partial charge is 0.259 e. The van der Waals surface area contributed by atoms with E-state index in [4.69, 9.17) is 16.3 Å². The van der Waals surface area contributed by atoms with E-state index in [9.17, 15) is 14.7 Å². The Kier molecular flexibility index (Phi) is 6.36. The molecule has 0 heterocycles. The van der Waals surface area contributed by atoms with Gasteiger partial charge in [0.2, 0.25) is 0 Å². The standard InChI is InChI=1S/C17H16ClN3O4/c1-25-14-5-6-15(22)12(8-14)9-20-21-16(23)10-19-17(24)11-3-2-4-13(18)7-11/h2-9,22H,10H2,1H3,(H,19,24)(H,21,23). The Morgan fingerprint density at radius 2 is 2.08 bits per heavy atom. The zero-order chi connectivity index (χ0) is 18.2. The third-order valence-electron chi connectivity index (χ3n) is 3.12. The second-order valence-electron chi connectivity index (χ2n) is 4.91. The highest BCUT2D eigenvalue weighted by molar-refractivity contribution is 6.30. The van der Waals surface area contributed by atoms with Gasteiger partial charge < -0.3 is 15.2 Å². The highest BCUT2D eigenvalue weighted by atomic mass is 35.5. The van der Waals surface area contributed by atoms with E-state index in [1.165, 1.54) is 25.5 Å². The lowest BCUT2D eigenvalue weighted by Gasteiger charge is -2.05. The maximum absolute atomic E-state index is 11.9. The van der Waals surface area contributed by atoms with Crippen molar-refractivity contribution in [2.75, 3.05) is 13.7 Å². The number of rotatable bonds is 6. The minimum Gasteiger partial charge on any atom is -0.507 e. The first-order valence-corrected chi connectivity index (χ1v) is 7.60. The number of methoxy groups -OCH3 is 1. The number of benzene rings is 2. The summed E-state index contributed by atoms with van der Waals surface area (Å²) in [5, 5.41) is 16.3. The van der Waals surface area contributed by atoms with Crippen LogP contribution in [0, 0.1) is 0 Å². The van der Waals surface area contributed by atoms with Gasteiger partial charge in [-0.1, -0.05) is 17.7 Å². The van der Waals surface area contributed by atoms with Crippen molar-refractivity contribution in [2.45, 2.75) is 0 Å². The lowest BCUT2D eigenvalue weighted by molar-refractivity contribution is -0.120. The normalized spacial score (nSPS) is 10.5. The van der Waals surface area contributed by atoms with Crippen molar-refractivity contribution in [3.8, 4) is 11.5 Å². The zero-order valence-electron chi connectivity index (χ0n) is 13.3. The number of amides is 2. The average molecular weight is 362 g/mol. The topological polar surface area (TPSA) is 100 Å². The summed E-state index contributed by atoms with van der Waals surface area (Å²) in [5.74, 6) is -0.409. The van der Waals surface area contributed by atoms with E-state index in [-0.39, 0.29) is 12.3 Å². The van der Waals surface area contributed by atoms with Crippen LogP contribution in [0.2, 0.25) is 5.02 Å². The lowest BCUT2D eigenvalue weighted by atomic mass is 10.2. The minimum absolute atomic E-state index is 0.00643. The Labute approximate surface area is 149 Å². The van der Waals surface area contributed by atoms with Gasteiger partial charge in [-0.2, -0.15) is 5.10 Å². The number of phenols is 1. The van der Waals surface area contributed by atoms with E-state index in [1.807, 2.05) is 0 Å². The number of hydrogen-bond acceptors (Lipinski definition) is 5. The van der Waals surface area contributed by atoms with Crippen LogP contribution in [0.5, 0.6) is 11.5 Å². The number of aromatic hydroxyl groups is 1. The first-order chi connectivity index (χ1) is 12.0. The molecule has 2 amide bonds. The Morgan fingerprint density at radius 3 is 2.80 bits per heavy atom. The molecule has 0 spiro atoms. The van der Waals surface area contributed by atoms with Crippen LogP contribution in [0.3, 0.4) is 0 Å². The van der Waals surface area contributed by atoms with Crippen molar-refractivity contribution < 1.29 is 19.4 Å². The van der Waals surface area contributed by atoms with Gasteiger partial charge in [0.25, 0.3) is 11.8 Å². The van der Waals surface area contributed by atoms with Crippen LogP contribution in [0.15, 0.2) is 47.6 Å². The van der Waals surface area contributed by atoms with Crippen molar-refractivity contribution in [1.29, 1.82) is 0 Å². The molecule has 0 radical (unpaired) electrons. The van der Waals surface area contributed by atoms with Crippen LogP contribution in [-0.4, -0.2) is 36.8 Å². The zero-order valence-corrected chi connectivity index (χ0v) is 14.1. The van der Waals surface area contributed by atoms with Crippen molar-refractivity contribution in [3.63, 3.8) is 0 Å². The van der Waals surface area contributed by atoms with Crippen LogP contribution in [-0.2, 0) is 4.79 Å². The number of nitrogens with zero attached hydrogens (tertiary/aromatic N) is 1. The van der Waals surface area contributed by atoms with E-state index < -0.39 is 11.8 Å². The maximum Gasteiger partial charge on any atom is 0.259 e. The van der Waals surface area contributed by atoms with Gasteiger partial charge in [0, 0.05) is 16.1 Å². The van der Waals surface area contributed by atoms with Gasteiger partial charge in [0.05, 0.1) is 19.9 Å². The predicted octanol–water partition coefficient (Wildman–Crippen LogP) is 1.93. The van der Waals surface area contributed by atoms with Crippen LogP contribution < -0.4 is 15.5 Å². The van der Waals surface area contributed by atoms with Gasteiger partial charge in [0.1, 0.15) is 11.5 Å². The summed E-state index contributed by atoms with van der Waals surface area (Å²) in [6.07, 6.45) is 1.27. The van der Waals surface area contributed by atoms with Crippen molar-refractivity contribution in [2.24, 2.45) is 5.10 Å². The van der Waals surface area contributed by atoms with E-state index in [1.54, 1.807) is 30.3 Å². The molecule has 0 saturated heterocycles. The van der Waals surface area contributed by atoms with Crippen LogP contribution >= 0.6 is 11.6 Å². The minimum atomic E-state index is -0.519. The quantitative estimate of drug-likeness (QED) is 0.540. The molecule has 0 fully saturated rings. The Morgan fingerprint density at radius 1 is 1.28 bits per heavy atom. The second kappa shape index (κ2) is 8.70. The van der Waals surface area contributed by atoms with Crippen LogP contribution in [0.4, 0.5) is 0 Å². The molecule has 25 heavy (non-hydrogen) atoms. The van der Waals surface area contributed by atoms with Gasteiger partial charge in [0.15, 0.2) is 0 Å². The maximum atomic E-state index is 11.9. The first kappa shape index (κ1) is 18.3. The van der Waals surface area contributed by atoms with E-state index >= 15 is 0 Å². The molecule has 8 heteroatoms. The fourth-order valence-electron chi connectivity index (χ4n) is 1.87. The summed E-state index contributed by atoms with van der Waals surface area (Å²) in [6.45, 7) is -0.257. The summed E-state index contributed by atoms with van der Waals surface area (Å²) in [5.41, 5.74) is 2.98. The van der Waals surface area contributed by atoms with Gasteiger partial charge in [-0.05, 0) is 36.4 Å². The van der Waals surface area contributed by atoms with Gasteiger partial charge in [-0.25, -0.2) is 5.43 Å². The van der Waals surface area contributed by atoms with Crippen molar-refractivity contribution >= 4 is 29.6 Å². The molecule has 0 bridgehead atoms. The van der Waals surface area contributed by atoms with Gasteiger partial charge >= 0.3 is 0 Å². The third-order valence-corrected chi connectivity index (χ3v) is 3.36. The largest absolute Gasteiger partial charge is 0.507 e. The number of ether oxygens (including phenoxy) is 1. The fourth-order valence-corrected chi connectivity index (χ4v) is 2.06. The summed E-state index contributed by atoms with van der Waals surface area (Å²) >= 11 is 5.80. The second-order valence-corrected chi connectivity index (χ2v) is 5.35. The third kappa shape index (κ3) is 5.50. The number of carbonyl (C=O) groups excluding carboxylic acids is 2. The molecule has 7 nitrogen and oxygen atoms in total. The van der Waals surface area contributed by atoms with E-state index in [0.717, 1.165) is 0 Å².